The molecule has 2 heterocycles. The molecule has 1 atom stereocenters. The van der Waals surface area contributed by atoms with Crippen molar-refractivity contribution in [1.29, 1.82) is 0 Å². The topological polar surface area (TPSA) is 62.3 Å². The number of anilines is 2. The summed E-state index contributed by atoms with van der Waals surface area (Å²) < 4.78 is 0. The number of benzene rings is 1. The maximum atomic E-state index is 12.8. The first-order valence-electron chi connectivity index (χ1n) is 6.71. The van der Waals surface area contributed by atoms with Crippen molar-refractivity contribution in [2.24, 2.45) is 0 Å². The molecule has 0 radical (unpaired) electrons. The van der Waals surface area contributed by atoms with Crippen LogP contribution in [0, 0.1) is 6.92 Å². The molecule has 0 spiro atoms. The van der Waals surface area contributed by atoms with E-state index in [9.17, 15) is 9.59 Å². The molecule has 0 saturated heterocycles. The number of nitrogens with zero attached hydrogens (tertiary/aromatic N) is 2. The van der Waals surface area contributed by atoms with Crippen LogP contribution in [0.4, 0.5) is 11.4 Å². The van der Waals surface area contributed by atoms with Gasteiger partial charge in [0.25, 0.3) is 5.91 Å². The first-order valence-corrected chi connectivity index (χ1v) is 7.59. The molecule has 2 amide bonds. The number of hydrogen-bond acceptors (Lipinski definition) is 4. The molecule has 0 saturated carbocycles. The Morgan fingerprint density at radius 3 is 2.90 bits per heavy atom. The average Bonchev–Trinajstić information content (AvgIpc) is 2.81. The molecule has 1 aliphatic heterocycles. The van der Waals surface area contributed by atoms with Gasteiger partial charge in [0, 0.05) is 17.8 Å². The molecule has 21 heavy (non-hydrogen) atoms. The van der Waals surface area contributed by atoms with Crippen LogP contribution in [0.3, 0.4) is 0 Å². The molecule has 1 N–H and O–H groups in total. The fraction of sp³-hybridized carbons (Fsp3) is 0.267. The van der Waals surface area contributed by atoms with Crippen LogP contribution in [0.1, 0.15) is 28.8 Å². The molecule has 1 aromatic heterocycles. The Morgan fingerprint density at radius 1 is 1.43 bits per heavy atom. The number of rotatable bonds is 1. The molecule has 0 unspecified atom stereocenters. The number of hydrogen-bond donors (Lipinski definition) is 1. The molecule has 1 aliphatic rings. The molecule has 0 aliphatic carbocycles. The number of aromatic nitrogens is 1. The highest BCUT2D eigenvalue weighted by Crippen LogP contribution is 2.32. The molecule has 3 rings (SSSR count). The second kappa shape index (κ2) is 5.29. The van der Waals surface area contributed by atoms with E-state index in [0.29, 0.717) is 17.1 Å². The standard InChI is InChI=1S/C15H15N3O2S/c1-9-7-14(19)17-11-5-3-4-6-13(11)18(9)15(20)12-8-21-10(2)16-12/h3-6,8-9H,7H2,1-2H3,(H,17,19)/t9-/m1/s1. The molecule has 6 heteroatoms. The van der Waals surface area contributed by atoms with E-state index in [1.165, 1.54) is 11.3 Å². The van der Waals surface area contributed by atoms with Crippen molar-refractivity contribution in [3.05, 3.63) is 40.3 Å². The maximum absolute atomic E-state index is 12.8. The van der Waals surface area contributed by atoms with E-state index in [2.05, 4.69) is 10.3 Å². The van der Waals surface area contributed by atoms with Crippen molar-refractivity contribution >= 4 is 34.5 Å². The number of thiazole rings is 1. The third-order valence-corrected chi connectivity index (χ3v) is 4.19. The average molecular weight is 301 g/mol. The van der Waals surface area contributed by atoms with E-state index < -0.39 is 0 Å². The lowest BCUT2D eigenvalue weighted by molar-refractivity contribution is -0.116. The van der Waals surface area contributed by atoms with Gasteiger partial charge in [-0.15, -0.1) is 11.3 Å². The van der Waals surface area contributed by atoms with Gasteiger partial charge >= 0.3 is 0 Å². The van der Waals surface area contributed by atoms with Gasteiger partial charge in [-0.25, -0.2) is 4.98 Å². The quantitative estimate of drug-likeness (QED) is 0.881. The van der Waals surface area contributed by atoms with Crippen LogP contribution in [-0.2, 0) is 4.79 Å². The van der Waals surface area contributed by atoms with Gasteiger partial charge in [0.1, 0.15) is 5.69 Å². The maximum Gasteiger partial charge on any atom is 0.278 e. The van der Waals surface area contributed by atoms with Crippen molar-refractivity contribution < 1.29 is 9.59 Å². The van der Waals surface area contributed by atoms with Crippen LogP contribution in [0.25, 0.3) is 0 Å². The van der Waals surface area contributed by atoms with E-state index in [0.717, 1.165) is 5.01 Å². The third-order valence-electron chi connectivity index (χ3n) is 3.42. The summed E-state index contributed by atoms with van der Waals surface area (Å²) in [5.74, 6) is -0.254. The van der Waals surface area contributed by atoms with Gasteiger partial charge in [0.05, 0.1) is 16.4 Å². The minimum absolute atomic E-state index is 0.0836. The lowest BCUT2D eigenvalue weighted by atomic mass is 10.1. The van der Waals surface area contributed by atoms with Gasteiger partial charge in [-0.3, -0.25) is 9.59 Å². The summed E-state index contributed by atoms with van der Waals surface area (Å²) in [7, 11) is 0. The van der Waals surface area contributed by atoms with E-state index in [-0.39, 0.29) is 24.3 Å². The van der Waals surface area contributed by atoms with Gasteiger partial charge in [-0.1, -0.05) is 12.1 Å². The summed E-state index contributed by atoms with van der Waals surface area (Å²) in [4.78, 5) is 30.6. The van der Waals surface area contributed by atoms with Crippen LogP contribution in [0.2, 0.25) is 0 Å². The molecular weight excluding hydrogens is 286 g/mol. The largest absolute Gasteiger partial charge is 0.324 e. The van der Waals surface area contributed by atoms with E-state index >= 15 is 0 Å². The molecule has 1 aromatic carbocycles. The van der Waals surface area contributed by atoms with Crippen LogP contribution in [0.5, 0.6) is 0 Å². The Balaban J connectivity index is 2.07. The van der Waals surface area contributed by atoms with Crippen molar-refractivity contribution in [3.63, 3.8) is 0 Å². The van der Waals surface area contributed by atoms with E-state index in [1.807, 2.05) is 32.0 Å². The van der Waals surface area contributed by atoms with Crippen molar-refractivity contribution in [3.8, 4) is 0 Å². The fourth-order valence-electron chi connectivity index (χ4n) is 2.48. The van der Waals surface area contributed by atoms with Gasteiger partial charge < -0.3 is 10.2 Å². The Morgan fingerprint density at radius 2 is 2.19 bits per heavy atom. The SMILES string of the molecule is Cc1nc(C(=O)N2c3ccccc3NC(=O)C[C@H]2C)cs1. The van der Waals surface area contributed by atoms with Gasteiger partial charge in [0.15, 0.2) is 0 Å². The highest BCUT2D eigenvalue weighted by Gasteiger charge is 2.31. The highest BCUT2D eigenvalue weighted by atomic mass is 32.1. The zero-order chi connectivity index (χ0) is 15.0. The minimum Gasteiger partial charge on any atom is -0.324 e. The Kier molecular flexibility index (Phi) is 3.47. The number of nitrogens with one attached hydrogen (secondary N) is 1. The smallest absolute Gasteiger partial charge is 0.278 e. The second-order valence-corrected chi connectivity index (χ2v) is 6.11. The lowest BCUT2D eigenvalue weighted by Crippen LogP contribution is -2.39. The van der Waals surface area contributed by atoms with Crippen molar-refractivity contribution in [1.82, 2.24) is 4.98 Å². The number of amides is 2. The monoisotopic (exact) mass is 301 g/mol. The van der Waals surface area contributed by atoms with Crippen LogP contribution < -0.4 is 10.2 Å². The number of aryl methyl sites for hydroxylation is 1. The summed E-state index contributed by atoms with van der Waals surface area (Å²) in [6.07, 6.45) is 0.267. The van der Waals surface area contributed by atoms with E-state index in [4.69, 9.17) is 0 Å². The summed E-state index contributed by atoms with van der Waals surface area (Å²) in [5, 5.41) is 5.45. The molecule has 0 fully saturated rings. The number of fused-ring (bicyclic) bond motifs is 1. The summed E-state index contributed by atoms with van der Waals surface area (Å²) in [6.45, 7) is 3.74. The van der Waals surface area contributed by atoms with Crippen LogP contribution in [0.15, 0.2) is 29.6 Å². The third kappa shape index (κ3) is 2.54. The van der Waals surface area contributed by atoms with Crippen molar-refractivity contribution in [2.75, 3.05) is 10.2 Å². The highest BCUT2D eigenvalue weighted by molar-refractivity contribution is 7.09. The number of carbonyl (C=O) groups is 2. The normalized spacial score (nSPS) is 17.9. The first kappa shape index (κ1) is 13.8. The zero-order valence-corrected chi connectivity index (χ0v) is 12.6. The Bertz CT molecular complexity index is 710. The van der Waals surface area contributed by atoms with Crippen molar-refractivity contribution in [2.45, 2.75) is 26.3 Å². The predicted molar refractivity (Wildman–Crippen MR) is 82.8 cm³/mol. The Hall–Kier alpha value is -2.21. The molecule has 5 nitrogen and oxygen atoms in total. The van der Waals surface area contributed by atoms with E-state index in [1.54, 1.807) is 16.3 Å². The fourth-order valence-corrected chi connectivity index (χ4v) is 3.07. The molecular formula is C15H15N3O2S. The summed E-state index contributed by atoms with van der Waals surface area (Å²) in [5.41, 5.74) is 1.80. The molecule has 108 valence electrons. The number of carbonyl (C=O) groups excluding carboxylic acids is 2. The molecule has 2 aromatic rings. The number of para-hydroxylation sites is 2. The van der Waals surface area contributed by atoms with Crippen LogP contribution >= 0.6 is 11.3 Å². The minimum atomic E-state index is -0.219. The van der Waals surface area contributed by atoms with Gasteiger partial charge in [-0.05, 0) is 26.0 Å². The summed E-state index contributed by atoms with van der Waals surface area (Å²) >= 11 is 1.44. The van der Waals surface area contributed by atoms with Crippen LogP contribution in [-0.4, -0.2) is 22.8 Å². The summed E-state index contributed by atoms with van der Waals surface area (Å²) in [6, 6.07) is 7.12. The lowest BCUT2D eigenvalue weighted by Gasteiger charge is -2.27. The van der Waals surface area contributed by atoms with Gasteiger partial charge in [0.2, 0.25) is 5.91 Å². The zero-order valence-electron chi connectivity index (χ0n) is 11.8. The van der Waals surface area contributed by atoms with Gasteiger partial charge in [-0.2, -0.15) is 0 Å². The molecule has 0 bridgehead atoms. The second-order valence-electron chi connectivity index (χ2n) is 5.05. The Labute approximate surface area is 126 Å². The first-order chi connectivity index (χ1) is 10.1. The predicted octanol–water partition coefficient (Wildman–Crippen LogP) is 2.83.